The van der Waals surface area contributed by atoms with Gasteiger partial charge in [0.25, 0.3) is 15.9 Å². The van der Waals surface area contributed by atoms with Gasteiger partial charge in [-0.25, -0.2) is 13.1 Å². The zero-order valence-electron chi connectivity index (χ0n) is 6.65. The van der Waals surface area contributed by atoms with E-state index in [0.717, 1.165) is 0 Å². The maximum atomic E-state index is 11.1. The van der Waals surface area contributed by atoms with E-state index in [1.54, 1.807) is 12.1 Å². The molecule has 1 aromatic carbocycles. The van der Waals surface area contributed by atoms with Crippen LogP contribution in [0.15, 0.2) is 29.2 Å². The second-order valence-corrected chi connectivity index (χ2v) is 4.08. The summed E-state index contributed by atoms with van der Waals surface area (Å²) in [6.45, 7) is 0. The number of benzene rings is 1. The molecular weight excluding hydrogens is 244 g/mol. The predicted molar refractivity (Wildman–Crippen MR) is 41.1 cm³/mol. The molecule has 64 valence electrons. The fourth-order valence-electron chi connectivity index (χ4n) is 1.12. The number of sulfonamides is 1. The molecule has 0 saturated heterocycles. The Balaban J connectivity index is 0.000000845. The summed E-state index contributed by atoms with van der Waals surface area (Å²) in [6.07, 6.45) is 0. The number of nitrogens with one attached hydrogen (secondary N) is 1. The summed E-state index contributed by atoms with van der Waals surface area (Å²) in [5, 5.41) is 0. The molecule has 1 heterocycles. The molecule has 0 saturated carbocycles. The van der Waals surface area contributed by atoms with E-state index >= 15 is 0 Å². The van der Waals surface area contributed by atoms with Gasteiger partial charge in [0.1, 0.15) is 4.90 Å². The third-order valence-corrected chi connectivity index (χ3v) is 3.04. The van der Waals surface area contributed by atoms with Crippen molar-refractivity contribution in [2.45, 2.75) is 4.90 Å². The summed E-state index contributed by atoms with van der Waals surface area (Å²) in [7, 11) is -3.55. The van der Waals surface area contributed by atoms with E-state index in [0.29, 0.717) is 0 Å². The first-order valence-electron chi connectivity index (χ1n) is 3.27. The van der Waals surface area contributed by atoms with Crippen molar-refractivity contribution in [1.29, 1.82) is 0 Å². The molecule has 0 atom stereocenters. The number of carbonyl (C=O) groups excluding carboxylic acids is 1. The maximum absolute atomic E-state index is 11.1. The molecule has 4 nitrogen and oxygen atoms in total. The van der Waals surface area contributed by atoms with Crippen LogP contribution in [0.4, 0.5) is 0 Å². The fraction of sp³-hybridized carbons (Fsp3) is 0. The fourth-order valence-corrected chi connectivity index (χ4v) is 2.29. The van der Waals surface area contributed by atoms with E-state index in [1.165, 1.54) is 12.1 Å². The average Bonchev–Trinajstić information content (AvgIpc) is 2.25. The monoisotopic (exact) mass is 247 g/mol. The Morgan fingerprint density at radius 2 is 1.77 bits per heavy atom. The van der Waals surface area contributed by atoms with E-state index in [2.05, 4.69) is 0 Å². The number of hydrogen-bond donors (Lipinski definition) is 1. The standard InChI is InChI=1S/C7H5NO3S.Zn/c9-7-5-3-1-2-4-6(5)12(10,11)8-7;/h1-4H,(H,8,9);. The van der Waals surface area contributed by atoms with E-state index in [9.17, 15) is 13.2 Å². The van der Waals surface area contributed by atoms with Crippen LogP contribution in [-0.2, 0) is 29.5 Å². The quantitative estimate of drug-likeness (QED) is 0.663. The molecule has 0 aromatic heterocycles. The smallest absolute Gasteiger partial charge is 0.266 e. The molecule has 0 bridgehead atoms. The average molecular weight is 249 g/mol. The molecule has 0 fully saturated rings. The SMILES string of the molecule is O=C1NS(=O)(=O)c2ccccc21.[Zn]. The molecule has 0 unspecified atom stereocenters. The van der Waals surface area contributed by atoms with Crippen molar-refractivity contribution in [2.24, 2.45) is 0 Å². The Bertz CT molecular complexity index is 455. The Labute approximate surface area is 88.1 Å². The number of amides is 1. The summed E-state index contributed by atoms with van der Waals surface area (Å²) in [5.74, 6) is -0.550. The van der Waals surface area contributed by atoms with Crippen LogP contribution in [0.2, 0.25) is 0 Å². The van der Waals surface area contributed by atoms with Gasteiger partial charge in [0.15, 0.2) is 0 Å². The summed E-state index contributed by atoms with van der Waals surface area (Å²) in [5.41, 5.74) is 0.220. The van der Waals surface area contributed by atoms with Crippen molar-refractivity contribution in [2.75, 3.05) is 0 Å². The van der Waals surface area contributed by atoms with Crippen LogP contribution < -0.4 is 4.72 Å². The van der Waals surface area contributed by atoms with Crippen LogP contribution in [0, 0.1) is 0 Å². The topological polar surface area (TPSA) is 63.2 Å². The molecular formula is C7H5NO3SZn. The van der Waals surface area contributed by atoms with Gasteiger partial charge in [-0.05, 0) is 12.1 Å². The maximum Gasteiger partial charge on any atom is 0.266 e. The molecule has 1 aliphatic rings. The van der Waals surface area contributed by atoms with Gasteiger partial charge in [-0.1, -0.05) is 12.1 Å². The van der Waals surface area contributed by atoms with Gasteiger partial charge >= 0.3 is 0 Å². The normalized spacial score (nSPS) is 17.1. The third kappa shape index (κ3) is 1.51. The summed E-state index contributed by atoms with van der Waals surface area (Å²) < 4.78 is 24.2. The minimum Gasteiger partial charge on any atom is -0.268 e. The van der Waals surface area contributed by atoms with Crippen LogP contribution in [0.1, 0.15) is 10.4 Å². The Morgan fingerprint density at radius 3 is 2.38 bits per heavy atom. The summed E-state index contributed by atoms with van der Waals surface area (Å²) in [6, 6.07) is 6.09. The van der Waals surface area contributed by atoms with Crippen molar-refractivity contribution >= 4 is 15.9 Å². The van der Waals surface area contributed by atoms with Crippen LogP contribution in [0.25, 0.3) is 0 Å². The molecule has 0 aliphatic carbocycles. The zero-order chi connectivity index (χ0) is 8.77. The summed E-state index contributed by atoms with van der Waals surface area (Å²) >= 11 is 0. The second kappa shape index (κ2) is 3.20. The van der Waals surface area contributed by atoms with Crippen molar-refractivity contribution < 1.29 is 32.7 Å². The largest absolute Gasteiger partial charge is 0.268 e. The van der Waals surface area contributed by atoms with E-state index in [-0.39, 0.29) is 29.9 Å². The van der Waals surface area contributed by atoms with E-state index in [4.69, 9.17) is 0 Å². The van der Waals surface area contributed by atoms with Crippen molar-refractivity contribution in [3.8, 4) is 0 Å². The number of rotatable bonds is 0. The molecule has 1 amide bonds. The minimum absolute atomic E-state index is 0. The van der Waals surface area contributed by atoms with Crippen LogP contribution in [0.5, 0.6) is 0 Å². The van der Waals surface area contributed by atoms with Gasteiger partial charge in [0, 0.05) is 19.5 Å². The van der Waals surface area contributed by atoms with Gasteiger partial charge < -0.3 is 0 Å². The first kappa shape index (κ1) is 10.3. The summed E-state index contributed by atoms with van der Waals surface area (Å²) in [4.78, 5) is 11.1. The number of hydrogen-bond acceptors (Lipinski definition) is 3. The molecule has 2 rings (SSSR count). The minimum atomic E-state index is -3.55. The van der Waals surface area contributed by atoms with Crippen molar-refractivity contribution in [1.82, 2.24) is 4.72 Å². The molecule has 0 spiro atoms. The predicted octanol–water partition coefficient (Wildman–Crippen LogP) is 0.116. The molecule has 1 N–H and O–H groups in total. The molecule has 1 aromatic rings. The van der Waals surface area contributed by atoms with E-state index in [1.807, 2.05) is 4.72 Å². The number of carbonyl (C=O) groups is 1. The first-order valence-corrected chi connectivity index (χ1v) is 4.76. The Morgan fingerprint density at radius 1 is 1.15 bits per heavy atom. The van der Waals surface area contributed by atoms with Crippen LogP contribution in [-0.4, -0.2) is 14.3 Å². The van der Waals surface area contributed by atoms with Crippen LogP contribution in [0.3, 0.4) is 0 Å². The number of fused-ring (bicyclic) bond motifs is 1. The van der Waals surface area contributed by atoms with Gasteiger partial charge in [-0.15, -0.1) is 0 Å². The van der Waals surface area contributed by atoms with E-state index < -0.39 is 15.9 Å². The van der Waals surface area contributed by atoms with Crippen LogP contribution >= 0.6 is 0 Å². The van der Waals surface area contributed by atoms with Gasteiger partial charge in [0.2, 0.25) is 0 Å². The third-order valence-electron chi connectivity index (χ3n) is 1.65. The van der Waals surface area contributed by atoms with Crippen molar-refractivity contribution in [3.63, 3.8) is 0 Å². The van der Waals surface area contributed by atoms with Gasteiger partial charge in [-0.3, -0.25) is 4.79 Å². The van der Waals surface area contributed by atoms with Crippen molar-refractivity contribution in [3.05, 3.63) is 29.8 Å². The first-order chi connectivity index (χ1) is 5.61. The Hall–Kier alpha value is -0.737. The zero-order valence-corrected chi connectivity index (χ0v) is 10.4. The second-order valence-electron chi connectivity index (χ2n) is 2.43. The molecule has 1 aliphatic heterocycles. The Kier molecular flexibility index (Phi) is 2.54. The van der Waals surface area contributed by atoms with Gasteiger partial charge in [-0.2, -0.15) is 0 Å². The molecule has 13 heavy (non-hydrogen) atoms. The molecule has 0 radical (unpaired) electrons. The van der Waals surface area contributed by atoms with Gasteiger partial charge in [0.05, 0.1) is 5.56 Å². The molecule has 6 heteroatoms.